The summed E-state index contributed by atoms with van der Waals surface area (Å²) in [7, 11) is 0. The van der Waals surface area contributed by atoms with Gasteiger partial charge in [-0.3, -0.25) is 9.59 Å². The summed E-state index contributed by atoms with van der Waals surface area (Å²) in [6.45, 7) is 6.88. The molecule has 36 heavy (non-hydrogen) atoms. The Balaban J connectivity index is 1.48. The summed E-state index contributed by atoms with van der Waals surface area (Å²) in [6, 6.07) is 10.9. The lowest BCUT2D eigenvalue weighted by Crippen LogP contribution is -2.53. The highest BCUT2D eigenvalue weighted by atomic mass is 32.1. The fraction of sp³-hybridized carbons (Fsp3) is 0.464. The highest BCUT2D eigenvalue weighted by molar-refractivity contribution is 7.16. The second-order valence-electron chi connectivity index (χ2n) is 9.59. The molecule has 0 aliphatic carbocycles. The van der Waals surface area contributed by atoms with E-state index in [4.69, 9.17) is 4.74 Å². The Hall–Kier alpha value is -2.97. The highest BCUT2D eigenvalue weighted by Crippen LogP contribution is 2.42. The molecule has 0 radical (unpaired) electrons. The van der Waals surface area contributed by atoms with E-state index in [1.54, 1.807) is 16.7 Å². The minimum absolute atomic E-state index is 0.0574. The molecule has 1 aromatic heterocycles. The number of Topliss-reactive ketones (excluding diaryl/α,β-unsaturated/α-hetero) is 1. The van der Waals surface area contributed by atoms with Gasteiger partial charge in [0.25, 0.3) is 0 Å². The smallest absolute Gasteiger partial charge is 0.410 e. The summed E-state index contributed by atoms with van der Waals surface area (Å²) in [6.07, 6.45) is 3.74. The molecule has 2 aliphatic heterocycles. The SMILES string of the molecule is CCCCC(C)C(=O)N1c2cc(C3=CCN(C(=O)OCc4ccccc4)CC3)sc2C(=O)C(O)C1C. The van der Waals surface area contributed by atoms with E-state index in [0.717, 1.165) is 35.3 Å². The molecule has 7 nitrogen and oxygen atoms in total. The quantitative estimate of drug-likeness (QED) is 0.548. The number of aliphatic hydroxyl groups is 1. The first-order valence-electron chi connectivity index (χ1n) is 12.7. The van der Waals surface area contributed by atoms with Crippen molar-refractivity contribution in [2.45, 2.75) is 65.2 Å². The lowest BCUT2D eigenvalue weighted by Gasteiger charge is -2.37. The Morgan fingerprint density at radius 2 is 2.00 bits per heavy atom. The van der Waals surface area contributed by atoms with Crippen molar-refractivity contribution in [2.75, 3.05) is 18.0 Å². The van der Waals surface area contributed by atoms with Gasteiger partial charge in [0.05, 0.1) is 16.6 Å². The van der Waals surface area contributed by atoms with Gasteiger partial charge in [-0.2, -0.15) is 0 Å². The third-order valence-corrected chi connectivity index (χ3v) is 8.18. The molecule has 4 rings (SSSR count). The molecular formula is C28H34N2O5S. The van der Waals surface area contributed by atoms with Crippen LogP contribution in [0.2, 0.25) is 0 Å². The van der Waals surface area contributed by atoms with Crippen molar-refractivity contribution in [3.05, 3.63) is 57.8 Å². The van der Waals surface area contributed by atoms with Crippen molar-refractivity contribution in [3.63, 3.8) is 0 Å². The van der Waals surface area contributed by atoms with Crippen LogP contribution < -0.4 is 4.90 Å². The number of thiophene rings is 1. The van der Waals surface area contributed by atoms with Gasteiger partial charge in [0, 0.05) is 23.9 Å². The van der Waals surface area contributed by atoms with Crippen LogP contribution in [0.15, 0.2) is 42.5 Å². The number of ketones is 1. The van der Waals surface area contributed by atoms with Crippen molar-refractivity contribution in [1.29, 1.82) is 0 Å². The molecule has 3 heterocycles. The van der Waals surface area contributed by atoms with Crippen LogP contribution in [-0.2, 0) is 16.1 Å². The van der Waals surface area contributed by atoms with E-state index in [-0.39, 0.29) is 30.3 Å². The molecule has 3 atom stereocenters. The maximum atomic E-state index is 13.3. The minimum atomic E-state index is -1.23. The molecule has 2 aliphatic rings. The van der Waals surface area contributed by atoms with Gasteiger partial charge in [0.2, 0.25) is 11.7 Å². The third-order valence-electron chi connectivity index (χ3n) is 6.97. The number of rotatable bonds is 7. The summed E-state index contributed by atoms with van der Waals surface area (Å²) < 4.78 is 5.45. The molecule has 192 valence electrons. The minimum Gasteiger partial charge on any atom is -0.445 e. The van der Waals surface area contributed by atoms with Crippen LogP contribution in [0.4, 0.5) is 10.5 Å². The number of nitrogens with zero attached hydrogens (tertiary/aromatic N) is 2. The van der Waals surface area contributed by atoms with Crippen molar-refractivity contribution >= 4 is 40.4 Å². The number of carbonyl (C=O) groups is 3. The van der Waals surface area contributed by atoms with Crippen molar-refractivity contribution in [2.24, 2.45) is 5.92 Å². The first-order valence-corrected chi connectivity index (χ1v) is 13.5. The van der Waals surface area contributed by atoms with Crippen molar-refractivity contribution < 1.29 is 24.2 Å². The number of anilines is 1. The topological polar surface area (TPSA) is 87.2 Å². The Morgan fingerprint density at radius 3 is 2.67 bits per heavy atom. The molecule has 8 heteroatoms. The third kappa shape index (κ3) is 5.39. The molecule has 3 unspecified atom stereocenters. The monoisotopic (exact) mass is 510 g/mol. The fourth-order valence-electron chi connectivity index (χ4n) is 4.67. The molecular weight excluding hydrogens is 476 g/mol. The Morgan fingerprint density at radius 1 is 1.25 bits per heavy atom. The molecule has 0 saturated heterocycles. The Kier molecular flexibility index (Phi) is 8.26. The maximum Gasteiger partial charge on any atom is 0.410 e. The average Bonchev–Trinajstić information content (AvgIpc) is 3.35. The zero-order chi connectivity index (χ0) is 25.8. The van der Waals surface area contributed by atoms with E-state index in [1.165, 1.54) is 11.3 Å². The number of hydrogen-bond donors (Lipinski definition) is 1. The van der Waals surface area contributed by atoms with Crippen LogP contribution in [0.25, 0.3) is 5.57 Å². The molecule has 2 aromatic rings. The second kappa shape index (κ2) is 11.4. The normalized spacial score (nSPS) is 20.6. The molecule has 1 N–H and O–H groups in total. The van der Waals surface area contributed by atoms with Crippen LogP contribution in [0, 0.1) is 5.92 Å². The van der Waals surface area contributed by atoms with Gasteiger partial charge in [-0.15, -0.1) is 11.3 Å². The van der Waals surface area contributed by atoms with Gasteiger partial charge in [-0.25, -0.2) is 4.79 Å². The number of amides is 2. The molecule has 0 bridgehead atoms. The second-order valence-corrected chi connectivity index (χ2v) is 10.6. The summed E-state index contributed by atoms with van der Waals surface area (Å²) in [4.78, 5) is 43.3. The fourth-order valence-corrected chi connectivity index (χ4v) is 5.86. The standard InChI is InChI=1S/C28H34N2O5S/c1-4-5-9-18(2)27(33)30-19(3)24(31)25(32)26-22(30)16-23(36-26)21-12-14-29(15-13-21)28(34)35-17-20-10-7-6-8-11-20/h6-8,10-12,16,18-19,24,31H,4-5,9,13-15,17H2,1-3H3. The number of unbranched alkanes of at least 4 members (excludes halogenated alkanes) is 1. The summed E-state index contributed by atoms with van der Waals surface area (Å²) in [5, 5.41) is 10.6. The number of fused-ring (bicyclic) bond motifs is 1. The van der Waals surface area contributed by atoms with Crippen LogP contribution in [-0.4, -0.2) is 53.0 Å². The maximum absolute atomic E-state index is 13.3. The van der Waals surface area contributed by atoms with Gasteiger partial charge in [0.1, 0.15) is 12.7 Å². The van der Waals surface area contributed by atoms with Gasteiger partial charge in [-0.05, 0) is 37.0 Å². The van der Waals surface area contributed by atoms with Gasteiger partial charge < -0.3 is 19.6 Å². The lowest BCUT2D eigenvalue weighted by molar-refractivity contribution is -0.123. The summed E-state index contributed by atoms with van der Waals surface area (Å²) in [5.41, 5.74) is 2.56. The molecule has 2 amide bonds. The highest BCUT2D eigenvalue weighted by Gasteiger charge is 2.42. The molecule has 0 spiro atoms. The molecule has 1 aromatic carbocycles. The average molecular weight is 511 g/mol. The van der Waals surface area contributed by atoms with Crippen LogP contribution in [0.5, 0.6) is 0 Å². The van der Waals surface area contributed by atoms with Gasteiger partial charge in [-0.1, -0.05) is 63.1 Å². The number of benzene rings is 1. The molecule has 0 fully saturated rings. The van der Waals surface area contributed by atoms with Crippen LogP contribution in [0.1, 0.15) is 66.6 Å². The Bertz CT molecular complexity index is 1140. The van der Waals surface area contributed by atoms with Crippen LogP contribution in [0.3, 0.4) is 0 Å². The number of hydrogen-bond acceptors (Lipinski definition) is 6. The van der Waals surface area contributed by atoms with E-state index in [1.807, 2.05) is 49.4 Å². The van der Waals surface area contributed by atoms with E-state index in [0.29, 0.717) is 30.1 Å². The summed E-state index contributed by atoms with van der Waals surface area (Å²) in [5.74, 6) is -0.576. The van der Waals surface area contributed by atoms with Gasteiger partial charge in [0.15, 0.2) is 0 Å². The first kappa shape index (κ1) is 26.1. The first-order chi connectivity index (χ1) is 17.3. The van der Waals surface area contributed by atoms with E-state index in [9.17, 15) is 19.5 Å². The summed E-state index contributed by atoms with van der Waals surface area (Å²) >= 11 is 1.32. The predicted molar refractivity (Wildman–Crippen MR) is 141 cm³/mol. The zero-order valence-corrected chi connectivity index (χ0v) is 21.9. The van der Waals surface area contributed by atoms with Crippen molar-refractivity contribution in [3.8, 4) is 0 Å². The Labute approximate surface area is 216 Å². The van der Waals surface area contributed by atoms with Crippen molar-refractivity contribution in [1.82, 2.24) is 4.90 Å². The van der Waals surface area contributed by atoms with Crippen LogP contribution >= 0.6 is 11.3 Å². The predicted octanol–water partition coefficient (Wildman–Crippen LogP) is 5.28. The van der Waals surface area contributed by atoms with E-state index < -0.39 is 12.1 Å². The van der Waals surface area contributed by atoms with Gasteiger partial charge >= 0.3 is 6.09 Å². The zero-order valence-electron chi connectivity index (χ0n) is 21.1. The molecule has 0 saturated carbocycles. The number of aliphatic hydroxyl groups excluding tert-OH is 1. The number of carbonyl (C=O) groups excluding carboxylic acids is 3. The lowest BCUT2D eigenvalue weighted by atomic mass is 9.95. The van der Waals surface area contributed by atoms with E-state index in [2.05, 4.69) is 6.92 Å². The van der Waals surface area contributed by atoms with E-state index >= 15 is 0 Å². The number of ether oxygens (including phenoxy) is 1. The largest absolute Gasteiger partial charge is 0.445 e.